The third-order valence-corrected chi connectivity index (χ3v) is 5.70. The van der Waals surface area contributed by atoms with Gasteiger partial charge in [0.2, 0.25) is 17.7 Å². The Morgan fingerprint density at radius 1 is 0.964 bits per heavy atom. The van der Waals surface area contributed by atoms with Gasteiger partial charge in [-0.1, -0.05) is 49.6 Å². The first-order chi connectivity index (χ1) is 13.6. The van der Waals surface area contributed by atoms with Crippen LogP contribution in [0.5, 0.6) is 0 Å². The molecule has 3 rings (SSSR count). The van der Waals surface area contributed by atoms with Gasteiger partial charge in [0.1, 0.15) is 6.04 Å². The lowest BCUT2D eigenvalue weighted by Gasteiger charge is -2.24. The van der Waals surface area contributed by atoms with Crippen LogP contribution >= 0.6 is 0 Å². The maximum Gasteiger partial charge on any atom is 0.242 e. The smallest absolute Gasteiger partial charge is 0.242 e. The quantitative estimate of drug-likeness (QED) is 0.755. The van der Waals surface area contributed by atoms with E-state index in [1.54, 1.807) is 4.90 Å². The molecular weight excluding hydrogens is 354 g/mol. The molecule has 0 radical (unpaired) electrons. The summed E-state index contributed by atoms with van der Waals surface area (Å²) >= 11 is 0. The Labute approximate surface area is 167 Å². The molecule has 152 valence electrons. The molecule has 1 aromatic rings. The summed E-state index contributed by atoms with van der Waals surface area (Å²) in [6.07, 6.45) is 7.83. The van der Waals surface area contributed by atoms with Crippen molar-refractivity contribution in [2.75, 3.05) is 13.1 Å². The van der Waals surface area contributed by atoms with Crippen molar-refractivity contribution >= 4 is 17.7 Å². The van der Waals surface area contributed by atoms with Gasteiger partial charge in [-0.15, -0.1) is 0 Å². The molecular formula is C22H31N3O3. The fourth-order valence-electron chi connectivity index (χ4n) is 4.17. The minimum Gasteiger partial charge on any atom is -0.354 e. The van der Waals surface area contributed by atoms with Crippen molar-refractivity contribution in [2.24, 2.45) is 0 Å². The molecule has 6 heteroatoms. The molecule has 0 spiro atoms. The van der Waals surface area contributed by atoms with Crippen LogP contribution in [-0.4, -0.2) is 47.8 Å². The van der Waals surface area contributed by atoms with Crippen molar-refractivity contribution in [3.63, 3.8) is 0 Å². The summed E-state index contributed by atoms with van der Waals surface area (Å²) in [4.78, 5) is 38.9. The van der Waals surface area contributed by atoms with Gasteiger partial charge in [-0.2, -0.15) is 0 Å². The summed E-state index contributed by atoms with van der Waals surface area (Å²) in [5.74, 6) is -0.168. The summed E-state index contributed by atoms with van der Waals surface area (Å²) in [6, 6.07) is 9.46. The molecule has 1 saturated carbocycles. The summed E-state index contributed by atoms with van der Waals surface area (Å²) in [6.45, 7) is 0.931. The lowest BCUT2D eigenvalue weighted by molar-refractivity contribution is -0.138. The highest BCUT2D eigenvalue weighted by Gasteiger charge is 2.33. The molecule has 2 N–H and O–H groups in total. The van der Waals surface area contributed by atoms with Gasteiger partial charge in [0, 0.05) is 25.6 Å². The SMILES string of the molecule is O=C(CCNC(=O)C1CCCN1C(=O)Cc1ccccc1)NC1CCCCC1. The highest BCUT2D eigenvalue weighted by atomic mass is 16.2. The average Bonchev–Trinajstić information content (AvgIpc) is 3.19. The summed E-state index contributed by atoms with van der Waals surface area (Å²) in [5, 5.41) is 5.91. The van der Waals surface area contributed by atoms with E-state index in [-0.39, 0.29) is 30.2 Å². The number of hydrogen-bond acceptors (Lipinski definition) is 3. The van der Waals surface area contributed by atoms with Gasteiger partial charge in [-0.05, 0) is 31.2 Å². The van der Waals surface area contributed by atoms with Gasteiger partial charge < -0.3 is 15.5 Å². The van der Waals surface area contributed by atoms with Crippen molar-refractivity contribution in [3.05, 3.63) is 35.9 Å². The lowest BCUT2D eigenvalue weighted by Crippen LogP contribution is -2.47. The Balaban J connectivity index is 1.41. The normalized spacial score (nSPS) is 20.0. The van der Waals surface area contributed by atoms with E-state index in [1.165, 1.54) is 19.3 Å². The van der Waals surface area contributed by atoms with Gasteiger partial charge in [-0.25, -0.2) is 0 Å². The first-order valence-corrected chi connectivity index (χ1v) is 10.5. The molecule has 2 aliphatic rings. The van der Waals surface area contributed by atoms with Crippen molar-refractivity contribution < 1.29 is 14.4 Å². The van der Waals surface area contributed by atoms with Crippen LogP contribution < -0.4 is 10.6 Å². The van der Waals surface area contributed by atoms with Gasteiger partial charge >= 0.3 is 0 Å². The van der Waals surface area contributed by atoms with Gasteiger partial charge in [0.15, 0.2) is 0 Å². The standard InChI is InChI=1S/C22H31N3O3/c26-20(24-18-10-5-2-6-11-18)13-14-23-22(28)19-12-7-15-25(19)21(27)16-17-8-3-1-4-9-17/h1,3-4,8-9,18-19H,2,5-7,10-16H2,(H,23,28)(H,24,26). The highest BCUT2D eigenvalue weighted by molar-refractivity contribution is 5.89. The van der Waals surface area contributed by atoms with E-state index >= 15 is 0 Å². The number of carbonyl (C=O) groups excluding carboxylic acids is 3. The molecule has 1 aromatic carbocycles. The van der Waals surface area contributed by atoms with E-state index in [4.69, 9.17) is 0 Å². The van der Waals surface area contributed by atoms with Gasteiger partial charge in [0.25, 0.3) is 0 Å². The van der Waals surface area contributed by atoms with Crippen molar-refractivity contribution in [3.8, 4) is 0 Å². The van der Waals surface area contributed by atoms with Crippen LogP contribution in [0.3, 0.4) is 0 Å². The second-order valence-corrected chi connectivity index (χ2v) is 7.85. The Kier molecular flexibility index (Phi) is 7.46. The van der Waals surface area contributed by atoms with E-state index in [0.717, 1.165) is 24.8 Å². The van der Waals surface area contributed by atoms with Crippen molar-refractivity contribution in [2.45, 2.75) is 69.9 Å². The molecule has 1 aliphatic heterocycles. The van der Waals surface area contributed by atoms with E-state index in [9.17, 15) is 14.4 Å². The van der Waals surface area contributed by atoms with Crippen LogP contribution in [0.4, 0.5) is 0 Å². The molecule has 6 nitrogen and oxygen atoms in total. The number of hydrogen-bond donors (Lipinski definition) is 2. The predicted octanol–water partition coefficient (Wildman–Crippen LogP) is 2.18. The van der Waals surface area contributed by atoms with Gasteiger partial charge in [0.05, 0.1) is 6.42 Å². The summed E-state index contributed by atoms with van der Waals surface area (Å²) < 4.78 is 0. The first kappa shape index (κ1) is 20.4. The molecule has 0 aromatic heterocycles. The Morgan fingerprint density at radius 3 is 2.46 bits per heavy atom. The van der Waals surface area contributed by atoms with Crippen LogP contribution in [0.15, 0.2) is 30.3 Å². The molecule has 0 bridgehead atoms. The summed E-state index contributed by atoms with van der Waals surface area (Å²) in [7, 11) is 0. The molecule has 28 heavy (non-hydrogen) atoms. The number of carbonyl (C=O) groups is 3. The maximum absolute atomic E-state index is 12.6. The molecule has 2 fully saturated rings. The minimum atomic E-state index is -0.419. The molecule has 1 atom stereocenters. The monoisotopic (exact) mass is 385 g/mol. The average molecular weight is 386 g/mol. The molecule has 1 unspecified atom stereocenters. The van der Waals surface area contributed by atoms with Crippen LogP contribution in [-0.2, 0) is 20.8 Å². The zero-order valence-electron chi connectivity index (χ0n) is 16.5. The predicted molar refractivity (Wildman–Crippen MR) is 108 cm³/mol. The van der Waals surface area contributed by atoms with Crippen molar-refractivity contribution in [1.82, 2.24) is 15.5 Å². The maximum atomic E-state index is 12.6. The summed E-state index contributed by atoms with van der Waals surface area (Å²) in [5.41, 5.74) is 0.956. The number of likely N-dealkylation sites (tertiary alicyclic amines) is 1. The number of amides is 3. The molecule has 1 heterocycles. The molecule has 3 amide bonds. The number of nitrogens with zero attached hydrogens (tertiary/aromatic N) is 1. The highest BCUT2D eigenvalue weighted by Crippen LogP contribution is 2.19. The second-order valence-electron chi connectivity index (χ2n) is 7.85. The Bertz CT molecular complexity index is 671. The van der Waals surface area contributed by atoms with Crippen molar-refractivity contribution in [1.29, 1.82) is 0 Å². The third kappa shape index (κ3) is 5.81. The molecule has 1 saturated heterocycles. The lowest BCUT2D eigenvalue weighted by atomic mass is 9.95. The number of rotatable bonds is 7. The zero-order valence-corrected chi connectivity index (χ0v) is 16.5. The minimum absolute atomic E-state index is 0.00404. The van der Waals surface area contributed by atoms with E-state index in [2.05, 4.69) is 10.6 Å². The van der Waals surface area contributed by atoms with Crippen LogP contribution in [0.2, 0.25) is 0 Å². The van der Waals surface area contributed by atoms with E-state index < -0.39 is 6.04 Å². The largest absolute Gasteiger partial charge is 0.354 e. The Morgan fingerprint density at radius 2 is 1.71 bits per heavy atom. The fraction of sp³-hybridized carbons (Fsp3) is 0.591. The second kappa shape index (κ2) is 10.2. The van der Waals surface area contributed by atoms with Crippen LogP contribution in [0, 0.1) is 0 Å². The van der Waals surface area contributed by atoms with E-state index in [0.29, 0.717) is 25.9 Å². The molecule has 1 aliphatic carbocycles. The third-order valence-electron chi connectivity index (χ3n) is 5.70. The topological polar surface area (TPSA) is 78.5 Å². The Hall–Kier alpha value is -2.37. The van der Waals surface area contributed by atoms with E-state index in [1.807, 2.05) is 30.3 Å². The number of nitrogens with one attached hydrogen (secondary N) is 2. The first-order valence-electron chi connectivity index (χ1n) is 10.5. The van der Waals surface area contributed by atoms with Crippen LogP contribution in [0.1, 0.15) is 56.9 Å². The number of benzene rings is 1. The van der Waals surface area contributed by atoms with Crippen LogP contribution in [0.25, 0.3) is 0 Å². The zero-order chi connectivity index (χ0) is 19.8. The fourth-order valence-corrected chi connectivity index (χ4v) is 4.17. The van der Waals surface area contributed by atoms with Gasteiger partial charge in [-0.3, -0.25) is 14.4 Å².